The Labute approximate surface area is 188 Å². The number of likely N-dealkylation sites (tertiary alicyclic amines) is 1. The van der Waals surface area contributed by atoms with Crippen molar-refractivity contribution in [1.82, 2.24) is 9.21 Å². The summed E-state index contributed by atoms with van der Waals surface area (Å²) >= 11 is 12.5. The molecule has 30 heavy (non-hydrogen) atoms. The van der Waals surface area contributed by atoms with Crippen LogP contribution in [0, 0.1) is 0 Å². The van der Waals surface area contributed by atoms with Crippen LogP contribution >= 0.6 is 23.2 Å². The highest BCUT2D eigenvalue weighted by atomic mass is 35.5. The molecular weight excluding hydrogens is 443 g/mol. The lowest BCUT2D eigenvalue weighted by Crippen LogP contribution is -2.37. The largest absolute Gasteiger partial charge is 0.335 e. The number of sulfonamides is 1. The molecule has 5 nitrogen and oxygen atoms in total. The number of rotatable bonds is 7. The number of hydrogen-bond donors (Lipinski definition) is 0. The van der Waals surface area contributed by atoms with Crippen molar-refractivity contribution in [2.75, 3.05) is 19.6 Å². The molecule has 1 unspecified atom stereocenters. The Morgan fingerprint density at radius 1 is 1.10 bits per heavy atom. The molecule has 1 aliphatic rings. The first-order valence-electron chi connectivity index (χ1n) is 10.1. The third kappa shape index (κ3) is 4.67. The van der Waals surface area contributed by atoms with Crippen LogP contribution in [0.1, 0.15) is 42.6 Å². The molecule has 0 saturated carbocycles. The zero-order valence-electron chi connectivity index (χ0n) is 17.1. The van der Waals surface area contributed by atoms with E-state index in [0.29, 0.717) is 36.6 Å². The molecule has 0 radical (unpaired) electrons. The van der Waals surface area contributed by atoms with Gasteiger partial charge >= 0.3 is 0 Å². The summed E-state index contributed by atoms with van der Waals surface area (Å²) in [7, 11) is -3.77. The van der Waals surface area contributed by atoms with Gasteiger partial charge in [-0.3, -0.25) is 4.79 Å². The van der Waals surface area contributed by atoms with Gasteiger partial charge in [-0.1, -0.05) is 55.2 Å². The first kappa shape index (κ1) is 23.1. The average molecular weight is 469 g/mol. The van der Waals surface area contributed by atoms with Gasteiger partial charge < -0.3 is 4.90 Å². The number of halogens is 2. The molecule has 1 amide bonds. The van der Waals surface area contributed by atoms with Crippen molar-refractivity contribution in [3.05, 3.63) is 63.6 Å². The fourth-order valence-electron chi connectivity index (χ4n) is 3.94. The molecule has 1 saturated heterocycles. The third-order valence-electron chi connectivity index (χ3n) is 5.55. The van der Waals surface area contributed by atoms with Gasteiger partial charge in [0.2, 0.25) is 10.0 Å². The summed E-state index contributed by atoms with van der Waals surface area (Å²) in [5.74, 6) is -0.183. The topological polar surface area (TPSA) is 57.7 Å². The van der Waals surface area contributed by atoms with Gasteiger partial charge in [-0.25, -0.2) is 8.42 Å². The van der Waals surface area contributed by atoms with Crippen LogP contribution in [0.4, 0.5) is 0 Å². The molecule has 2 aromatic carbocycles. The zero-order chi connectivity index (χ0) is 21.9. The monoisotopic (exact) mass is 468 g/mol. The Morgan fingerprint density at radius 2 is 1.80 bits per heavy atom. The van der Waals surface area contributed by atoms with E-state index >= 15 is 0 Å². The number of benzene rings is 2. The van der Waals surface area contributed by atoms with E-state index in [9.17, 15) is 13.2 Å². The second kappa shape index (κ2) is 9.69. The number of amides is 1. The molecule has 1 aliphatic heterocycles. The summed E-state index contributed by atoms with van der Waals surface area (Å²) in [5, 5.41) is 0.809. The fraction of sp³-hybridized carbons (Fsp3) is 0.409. The SMILES string of the molecule is CCN(CC)S(=O)(=O)c1cc(C(=O)N2CCCC2Cc2ccccc2Cl)ccc1Cl. The Hall–Kier alpha value is -1.60. The summed E-state index contributed by atoms with van der Waals surface area (Å²) < 4.78 is 27.2. The fourth-order valence-corrected chi connectivity index (χ4v) is 6.11. The van der Waals surface area contributed by atoms with Crippen LogP contribution in [0.5, 0.6) is 0 Å². The van der Waals surface area contributed by atoms with Gasteiger partial charge in [0.15, 0.2) is 0 Å². The van der Waals surface area contributed by atoms with E-state index in [2.05, 4.69) is 0 Å². The van der Waals surface area contributed by atoms with E-state index in [4.69, 9.17) is 23.2 Å². The summed E-state index contributed by atoms with van der Waals surface area (Å²) in [4.78, 5) is 15.1. The van der Waals surface area contributed by atoms with Crippen molar-refractivity contribution in [3.8, 4) is 0 Å². The normalized spacial score (nSPS) is 17.0. The van der Waals surface area contributed by atoms with Crippen molar-refractivity contribution in [3.63, 3.8) is 0 Å². The molecule has 1 heterocycles. The second-order valence-electron chi connectivity index (χ2n) is 7.32. The predicted molar refractivity (Wildman–Crippen MR) is 121 cm³/mol. The van der Waals surface area contributed by atoms with E-state index in [1.54, 1.807) is 19.9 Å². The maximum absolute atomic E-state index is 13.3. The molecular formula is C22H26Cl2N2O3S. The Morgan fingerprint density at radius 3 is 2.47 bits per heavy atom. The molecule has 1 fully saturated rings. The molecule has 0 aromatic heterocycles. The minimum atomic E-state index is -3.77. The van der Waals surface area contributed by atoms with Crippen LogP contribution in [0.25, 0.3) is 0 Å². The maximum Gasteiger partial charge on any atom is 0.254 e. The summed E-state index contributed by atoms with van der Waals surface area (Å²) in [6, 6.07) is 12.2. The minimum absolute atomic E-state index is 0.0240. The van der Waals surface area contributed by atoms with Gasteiger partial charge in [-0.15, -0.1) is 0 Å². The Kier molecular flexibility index (Phi) is 7.45. The lowest BCUT2D eigenvalue weighted by atomic mass is 10.0. The van der Waals surface area contributed by atoms with Crippen LogP contribution in [0.2, 0.25) is 10.0 Å². The highest BCUT2D eigenvalue weighted by Crippen LogP contribution is 2.29. The Balaban J connectivity index is 1.88. The Bertz CT molecular complexity index is 1020. The smallest absolute Gasteiger partial charge is 0.254 e. The van der Waals surface area contributed by atoms with E-state index in [1.165, 1.54) is 16.4 Å². The van der Waals surface area contributed by atoms with Crippen LogP contribution < -0.4 is 0 Å². The van der Waals surface area contributed by atoms with Crippen LogP contribution in [-0.4, -0.2) is 49.2 Å². The first-order valence-corrected chi connectivity index (χ1v) is 12.3. The van der Waals surface area contributed by atoms with Gasteiger partial charge in [0.25, 0.3) is 5.91 Å². The third-order valence-corrected chi connectivity index (χ3v) is 8.45. The van der Waals surface area contributed by atoms with E-state index in [0.717, 1.165) is 18.4 Å². The second-order valence-corrected chi connectivity index (χ2v) is 10.0. The molecule has 162 valence electrons. The molecule has 2 aromatic rings. The summed E-state index contributed by atoms with van der Waals surface area (Å²) in [6.45, 7) is 4.84. The zero-order valence-corrected chi connectivity index (χ0v) is 19.5. The van der Waals surface area contributed by atoms with Crippen LogP contribution in [-0.2, 0) is 16.4 Å². The van der Waals surface area contributed by atoms with Gasteiger partial charge in [-0.05, 0) is 49.1 Å². The summed E-state index contributed by atoms with van der Waals surface area (Å²) in [5.41, 5.74) is 1.33. The molecule has 0 aliphatic carbocycles. The average Bonchev–Trinajstić information content (AvgIpc) is 3.18. The highest BCUT2D eigenvalue weighted by molar-refractivity contribution is 7.89. The van der Waals surface area contributed by atoms with Crippen LogP contribution in [0.3, 0.4) is 0 Å². The molecule has 0 bridgehead atoms. The minimum Gasteiger partial charge on any atom is -0.335 e. The van der Waals surface area contributed by atoms with Crippen molar-refractivity contribution >= 4 is 39.1 Å². The lowest BCUT2D eigenvalue weighted by molar-refractivity contribution is 0.0736. The molecule has 1 atom stereocenters. The van der Waals surface area contributed by atoms with Gasteiger partial charge in [0, 0.05) is 36.3 Å². The van der Waals surface area contributed by atoms with E-state index in [1.807, 2.05) is 29.2 Å². The van der Waals surface area contributed by atoms with Gasteiger partial charge in [0.1, 0.15) is 4.90 Å². The van der Waals surface area contributed by atoms with Crippen molar-refractivity contribution in [2.24, 2.45) is 0 Å². The number of carbonyl (C=O) groups is 1. The van der Waals surface area contributed by atoms with Crippen molar-refractivity contribution < 1.29 is 13.2 Å². The lowest BCUT2D eigenvalue weighted by Gasteiger charge is -2.26. The standard InChI is InChI=1S/C22H26Cl2N2O3S/c1-3-25(4-2)30(28,29)21-15-17(11-12-20(21)24)22(27)26-13-7-9-18(26)14-16-8-5-6-10-19(16)23/h5-6,8,10-12,15,18H,3-4,7,9,13-14H2,1-2H3. The highest BCUT2D eigenvalue weighted by Gasteiger charge is 2.31. The van der Waals surface area contributed by atoms with Crippen molar-refractivity contribution in [2.45, 2.75) is 44.0 Å². The molecule has 0 spiro atoms. The van der Waals surface area contributed by atoms with Gasteiger partial charge in [0.05, 0.1) is 5.02 Å². The summed E-state index contributed by atoms with van der Waals surface area (Å²) in [6.07, 6.45) is 2.46. The first-order chi connectivity index (χ1) is 14.3. The predicted octanol–water partition coefficient (Wildman–Crippen LogP) is 4.87. The quantitative estimate of drug-likeness (QED) is 0.581. The van der Waals surface area contributed by atoms with Crippen LogP contribution in [0.15, 0.2) is 47.4 Å². The number of nitrogens with zero attached hydrogens (tertiary/aromatic N) is 2. The van der Waals surface area contributed by atoms with E-state index < -0.39 is 10.0 Å². The van der Waals surface area contributed by atoms with Gasteiger partial charge in [-0.2, -0.15) is 4.31 Å². The molecule has 0 N–H and O–H groups in total. The number of hydrogen-bond acceptors (Lipinski definition) is 3. The maximum atomic E-state index is 13.3. The molecule has 3 rings (SSSR count). The molecule has 8 heteroatoms. The number of carbonyl (C=O) groups excluding carboxylic acids is 1. The van der Waals surface area contributed by atoms with E-state index in [-0.39, 0.29) is 21.9 Å². The van der Waals surface area contributed by atoms with Crippen molar-refractivity contribution in [1.29, 1.82) is 0 Å².